The molecule has 0 saturated heterocycles. The number of nitrogens with one attached hydrogen (secondary N) is 1. The highest BCUT2D eigenvalue weighted by Gasteiger charge is 2.17. The normalized spacial score (nSPS) is 11.4. The molecule has 0 fully saturated rings. The van der Waals surface area contributed by atoms with E-state index in [0.29, 0.717) is 0 Å². The summed E-state index contributed by atoms with van der Waals surface area (Å²) in [5, 5.41) is 2.68. The fourth-order valence-corrected chi connectivity index (χ4v) is 2.04. The minimum absolute atomic E-state index is 0.192. The predicted octanol–water partition coefficient (Wildman–Crippen LogP) is 2.94. The average molecular weight is 300 g/mol. The highest BCUT2D eigenvalue weighted by atomic mass is 32.1. The summed E-state index contributed by atoms with van der Waals surface area (Å²) in [6.07, 6.45) is -0.555. The maximum atomic E-state index is 11.9. The number of hydrogen-bond acceptors (Lipinski definition) is 3. The molecule has 0 aliphatic carbocycles. The van der Waals surface area contributed by atoms with Crippen molar-refractivity contribution in [1.82, 2.24) is 5.32 Å². The van der Waals surface area contributed by atoms with Crippen molar-refractivity contribution in [2.45, 2.75) is 12.6 Å². The number of hydrogen-bond donors (Lipinski definition) is 2. The fraction of sp³-hybridized carbons (Fsp3) is 0.125. The van der Waals surface area contributed by atoms with Crippen molar-refractivity contribution in [3.63, 3.8) is 0 Å². The van der Waals surface area contributed by atoms with Crippen LogP contribution in [0.4, 0.5) is 4.79 Å². The molecule has 0 aliphatic rings. The highest BCUT2D eigenvalue weighted by molar-refractivity contribution is 7.80. The summed E-state index contributed by atoms with van der Waals surface area (Å²) in [4.78, 5) is 12.0. The van der Waals surface area contributed by atoms with Gasteiger partial charge in [0, 0.05) is 0 Å². The lowest BCUT2D eigenvalue weighted by Crippen LogP contribution is -2.36. The molecule has 0 aliphatic heterocycles. The van der Waals surface area contributed by atoms with Gasteiger partial charge in [0.05, 0.1) is 0 Å². The van der Waals surface area contributed by atoms with Crippen molar-refractivity contribution in [1.29, 1.82) is 0 Å². The average Bonchev–Trinajstić information content (AvgIpc) is 2.52. The third kappa shape index (κ3) is 4.57. The molecule has 0 aromatic heterocycles. The van der Waals surface area contributed by atoms with Crippen molar-refractivity contribution in [3.8, 4) is 0 Å². The van der Waals surface area contributed by atoms with Crippen LogP contribution in [0.5, 0.6) is 0 Å². The minimum atomic E-state index is -0.555. The first-order valence-corrected chi connectivity index (χ1v) is 6.89. The molecular formula is C16H16N2O2S. The molecule has 0 heterocycles. The van der Waals surface area contributed by atoms with Gasteiger partial charge in [-0.05, 0) is 11.1 Å². The van der Waals surface area contributed by atoms with Crippen molar-refractivity contribution in [2.75, 3.05) is 0 Å². The van der Waals surface area contributed by atoms with Gasteiger partial charge in [0.15, 0.2) is 0 Å². The molecule has 0 radical (unpaired) electrons. The van der Waals surface area contributed by atoms with Crippen LogP contribution in [0.3, 0.4) is 0 Å². The van der Waals surface area contributed by atoms with Crippen molar-refractivity contribution >= 4 is 23.3 Å². The largest absolute Gasteiger partial charge is 0.445 e. The monoisotopic (exact) mass is 300 g/mol. The summed E-state index contributed by atoms with van der Waals surface area (Å²) < 4.78 is 5.16. The Morgan fingerprint density at radius 2 is 1.67 bits per heavy atom. The van der Waals surface area contributed by atoms with Crippen molar-refractivity contribution in [2.24, 2.45) is 5.73 Å². The van der Waals surface area contributed by atoms with Crippen LogP contribution in [0.2, 0.25) is 0 Å². The van der Waals surface area contributed by atoms with Gasteiger partial charge in [-0.2, -0.15) is 0 Å². The Kier molecular flexibility index (Phi) is 5.29. The SMILES string of the molecule is NC(=S)[C@H](NC(=O)OCc1ccccc1)c1ccccc1. The number of ether oxygens (including phenoxy) is 1. The van der Waals surface area contributed by atoms with Gasteiger partial charge < -0.3 is 15.8 Å². The second-order valence-corrected chi connectivity index (χ2v) is 4.92. The van der Waals surface area contributed by atoms with E-state index < -0.39 is 12.1 Å². The summed E-state index contributed by atoms with van der Waals surface area (Å²) in [6.45, 7) is 0.200. The van der Waals surface area contributed by atoms with Crippen LogP contribution in [0.25, 0.3) is 0 Å². The smallest absolute Gasteiger partial charge is 0.408 e. The Labute approximate surface area is 128 Å². The van der Waals surface area contributed by atoms with Gasteiger partial charge in [-0.3, -0.25) is 0 Å². The molecule has 0 unspecified atom stereocenters. The van der Waals surface area contributed by atoms with Crippen LogP contribution in [0.1, 0.15) is 17.2 Å². The van der Waals surface area contributed by atoms with Crippen molar-refractivity contribution in [3.05, 3.63) is 71.8 Å². The number of carbonyl (C=O) groups excluding carboxylic acids is 1. The van der Waals surface area contributed by atoms with E-state index in [1.807, 2.05) is 60.7 Å². The molecule has 0 bridgehead atoms. The van der Waals surface area contributed by atoms with Gasteiger partial charge in [0.25, 0.3) is 0 Å². The summed E-state index contributed by atoms with van der Waals surface area (Å²) in [6, 6.07) is 18.2. The molecule has 0 saturated carbocycles. The summed E-state index contributed by atoms with van der Waals surface area (Å²) in [5.74, 6) is 0. The lowest BCUT2D eigenvalue weighted by atomic mass is 10.1. The first-order valence-electron chi connectivity index (χ1n) is 6.48. The summed E-state index contributed by atoms with van der Waals surface area (Å²) in [5.41, 5.74) is 7.42. The zero-order chi connectivity index (χ0) is 15.1. The van der Waals surface area contributed by atoms with Gasteiger partial charge in [-0.1, -0.05) is 72.9 Å². The maximum Gasteiger partial charge on any atom is 0.408 e. The highest BCUT2D eigenvalue weighted by Crippen LogP contribution is 2.13. The summed E-state index contributed by atoms with van der Waals surface area (Å²) in [7, 11) is 0. The molecule has 4 nitrogen and oxygen atoms in total. The lowest BCUT2D eigenvalue weighted by Gasteiger charge is -2.17. The standard InChI is InChI=1S/C16H16N2O2S/c17-15(21)14(13-9-5-2-6-10-13)18-16(19)20-11-12-7-3-1-4-8-12/h1-10,14H,11H2,(H2,17,21)(H,18,19)/t14-/m1/s1. The third-order valence-corrected chi connectivity index (χ3v) is 3.13. The van der Waals surface area contributed by atoms with Gasteiger partial charge >= 0.3 is 6.09 Å². The van der Waals surface area contributed by atoms with Crippen LogP contribution < -0.4 is 11.1 Å². The van der Waals surface area contributed by atoms with Crippen molar-refractivity contribution < 1.29 is 9.53 Å². The predicted molar refractivity (Wildman–Crippen MR) is 85.7 cm³/mol. The van der Waals surface area contributed by atoms with E-state index in [4.69, 9.17) is 22.7 Å². The van der Waals surface area contributed by atoms with E-state index in [9.17, 15) is 4.79 Å². The molecule has 1 atom stereocenters. The van der Waals surface area contributed by atoms with E-state index >= 15 is 0 Å². The molecule has 2 aromatic rings. The summed E-state index contributed by atoms with van der Waals surface area (Å²) >= 11 is 5.00. The Bertz CT molecular complexity index is 602. The number of carbonyl (C=O) groups is 1. The Morgan fingerprint density at radius 3 is 2.24 bits per heavy atom. The van der Waals surface area contributed by atoms with E-state index in [1.165, 1.54) is 0 Å². The van der Waals surface area contributed by atoms with E-state index in [2.05, 4.69) is 5.32 Å². The Hall–Kier alpha value is -2.40. The molecule has 5 heteroatoms. The molecule has 108 valence electrons. The molecule has 1 amide bonds. The van der Waals surface area contributed by atoms with Crippen LogP contribution >= 0.6 is 12.2 Å². The topological polar surface area (TPSA) is 64.3 Å². The first-order chi connectivity index (χ1) is 10.2. The van der Waals surface area contributed by atoms with Crippen LogP contribution in [0.15, 0.2) is 60.7 Å². The molecule has 3 N–H and O–H groups in total. The number of rotatable bonds is 5. The van der Waals surface area contributed by atoms with Crippen LogP contribution in [-0.2, 0) is 11.3 Å². The number of nitrogens with two attached hydrogens (primary N) is 1. The Morgan fingerprint density at radius 1 is 1.10 bits per heavy atom. The zero-order valence-electron chi connectivity index (χ0n) is 11.4. The van der Waals surface area contributed by atoms with E-state index in [-0.39, 0.29) is 11.6 Å². The molecule has 2 rings (SSSR count). The van der Waals surface area contributed by atoms with Crippen LogP contribution in [0, 0.1) is 0 Å². The molecular weight excluding hydrogens is 284 g/mol. The second-order valence-electron chi connectivity index (χ2n) is 4.45. The first kappa shape index (κ1) is 15.0. The van der Waals surface area contributed by atoms with Gasteiger partial charge in [0.2, 0.25) is 0 Å². The molecule has 21 heavy (non-hydrogen) atoms. The van der Waals surface area contributed by atoms with E-state index in [0.717, 1.165) is 11.1 Å². The lowest BCUT2D eigenvalue weighted by molar-refractivity contribution is 0.138. The zero-order valence-corrected chi connectivity index (χ0v) is 12.2. The number of benzene rings is 2. The quantitative estimate of drug-likeness (QED) is 0.833. The fourth-order valence-electron chi connectivity index (χ4n) is 1.85. The van der Waals surface area contributed by atoms with Crippen LogP contribution in [-0.4, -0.2) is 11.1 Å². The number of thiocarbonyl (C=S) groups is 1. The Balaban J connectivity index is 1.95. The van der Waals surface area contributed by atoms with Gasteiger partial charge in [-0.15, -0.1) is 0 Å². The number of amides is 1. The van der Waals surface area contributed by atoms with E-state index in [1.54, 1.807) is 0 Å². The molecule has 2 aromatic carbocycles. The maximum absolute atomic E-state index is 11.9. The second kappa shape index (κ2) is 7.40. The third-order valence-electron chi connectivity index (χ3n) is 2.89. The molecule has 0 spiro atoms. The van der Waals surface area contributed by atoms with Gasteiger partial charge in [-0.25, -0.2) is 4.79 Å². The van der Waals surface area contributed by atoms with Gasteiger partial charge in [0.1, 0.15) is 17.6 Å². The minimum Gasteiger partial charge on any atom is -0.445 e. The number of alkyl carbamates (subject to hydrolysis) is 1.